The van der Waals surface area contributed by atoms with Crippen LogP contribution in [0.4, 0.5) is 4.79 Å². The molecule has 0 bridgehead atoms. The minimum Gasteiger partial charge on any atom is -1.00 e. The van der Waals surface area contributed by atoms with E-state index in [1.807, 2.05) is 0 Å². The van der Waals surface area contributed by atoms with Crippen molar-refractivity contribution < 1.29 is 21.7 Å². The molecule has 0 spiro atoms. The predicted octanol–water partition coefficient (Wildman–Crippen LogP) is 0.641. The highest BCUT2D eigenvalue weighted by atomic mass is 35.5. The maximum atomic E-state index is 9.00. The van der Waals surface area contributed by atoms with E-state index in [4.69, 9.17) is 4.79 Å². The number of hydrogen-bond donors (Lipinski definition) is 2. The average molecular weight is 324 g/mol. The molecule has 0 radical (unpaired) electrons. The molecule has 0 aliphatic carbocycles. The van der Waals surface area contributed by atoms with Crippen LogP contribution in [0.25, 0.3) is 0 Å². The summed E-state index contributed by atoms with van der Waals surface area (Å²) in [4.78, 5) is 9.00. The number of rotatable bonds is 11. The van der Waals surface area contributed by atoms with Gasteiger partial charge in [-0.05, 0) is 12.8 Å². The van der Waals surface area contributed by atoms with Gasteiger partial charge < -0.3 is 28.4 Å². The zero-order chi connectivity index (χ0) is 15.9. The van der Waals surface area contributed by atoms with E-state index in [1.165, 1.54) is 70.8 Å². The smallest absolute Gasteiger partial charge is 0.309 e. The van der Waals surface area contributed by atoms with Gasteiger partial charge in [0.05, 0.1) is 27.7 Å². The van der Waals surface area contributed by atoms with Gasteiger partial charge in [0.2, 0.25) is 0 Å². The van der Waals surface area contributed by atoms with Gasteiger partial charge in [-0.2, -0.15) is 0 Å². The highest BCUT2D eigenvalue weighted by molar-refractivity contribution is 5.69. The molecule has 0 rings (SSSR count). The fourth-order valence-electron chi connectivity index (χ4n) is 2.07. The van der Waals surface area contributed by atoms with E-state index in [9.17, 15) is 0 Å². The Hall–Kier alpha value is -0.480. The number of quaternary nitrogens is 1. The van der Waals surface area contributed by atoms with E-state index in [0.29, 0.717) is 0 Å². The molecule has 21 heavy (non-hydrogen) atoms. The predicted molar refractivity (Wildman–Crippen MR) is 88.5 cm³/mol. The van der Waals surface area contributed by atoms with Crippen LogP contribution in [0.1, 0.15) is 71.1 Å². The van der Waals surface area contributed by atoms with E-state index in [1.54, 1.807) is 0 Å². The number of halogens is 1. The van der Waals surface area contributed by atoms with Crippen molar-refractivity contribution in [2.45, 2.75) is 71.1 Å². The Morgan fingerprint density at radius 2 is 1.05 bits per heavy atom. The third-order valence-electron chi connectivity index (χ3n) is 3.18. The van der Waals surface area contributed by atoms with Crippen molar-refractivity contribution in [3.63, 3.8) is 0 Å². The zero-order valence-corrected chi connectivity index (χ0v) is 15.4. The largest absolute Gasteiger partial charge is 1.00 e. The van der Waals surface area contributed by atoms with Crippen molar-refractivity contribution >= 4 is 6.03 Å². The van der Waals surface area contributed by atoms with Crippen LogP contribution in [0.3, 0.4) is 0 Å². The first-order valence-electron chi connectivity index (χ1n) is 8.15. The molecule has 0 aromatic rings. The van der Waals surface area contributed by atoms with Crippen molar-refractivity contribution in [3.05, 3.63) is 0 Å². The molecule has 0 fully saturated rings. The van der Waals surface area contributed by atoms with Crippen LogP contribution in [0.15, 0.2) is 0 Å². The van der Waals surface area contributed by atoms with Gasteiger partial charge >= 0.3 is 6.03 Å². The fraction of sp³-hybridized carbons (Fsp3) is 0.938. The van der Waals surface area contributed by atoms with E-state index >= 15 is 0 Å². The van der Waals surface area contributed by atoms with Gasteiger partial charge in [0, 0.05) is 0 Å². The molecular weight excluding hydrogens is 286 g/mol. The fourth-order valence-corrected chi connectivity index (χ4v) is 2.07. The van der Waals surface area contributed by atoms with E-state index in [-0.39, 0.29) is 12.4 Å². The second-order valence-corrected chi connectivity index (χ2v) is 6.60. The van der Waals surface area contributed by atoms with Crippen LogP contribution in [0.2, 0.25) is 0 Å². The summed E-state index contributed by atoms with van der Waals surface area (Å²) in [6.07, 6.45) is 14.4. The topological polar surface area (TPSA) is 69.1 Å². The molecule has 2 amide bonds. The highest BCUT2D eigenvalue weighted by Gasteiger charge is 2.04. The Labute approximate surface area is 138 Å². The van der Waals surface area contributed by atoms with Crippen LogP contribution in [0, 0.1) is 0 Å². The summed E-state index contributed by atoms with van der Waals surface area (Å²) >= 11 is 0. The standard InChI is InChI=1S/C15H34N.CH4N2O.ClH/c1-5-6-7-8-9-10-11-12-13-14-15-16(2,3)4;2-1(3)4;/h5-15H2,1-4H3;(H4,2,3,4);1H/q+1;;/p-1. The third-order valence-corrected chi connectivity index (χ3v) is 3.18. The van der Waals surface area contributed by atoms with Gasteiger partial charge in [0.15, 0.2) is 0 Å². The molecule has 0 aliphatic rings. The molecule has 0 aliphatic heterocycles. The van der Waals surface area contributed by atoms with Gasteiger partial charge in [-0.1, -0.05) is 58.3 Å². The Bertz CT molecular complexity index is 214. The number of carbonyl (C=O) groups is 1. The first-order valence-corrected chi connectivity index (χ1v) is 8.15. The number of nitrogens with zero attached hydrogens (tertiary/aromatic N) is 1. The molecular formula is C16H38ClN3O. The lowest BCUT2D eigenvalue weighted by Gasteiger charge is -2.23. The van der Waals surface area contributed by atoms with Crippen LogP contribution in [-0.4, -0.2) is 38.2 Å². The summed E-state index contributed by atoms with van der Waals surface area (Å²) in [7, 11) is 6.86. The number of amides is 2. The summed E-state index contributed by atoms with van der Waals surface area (Å²) in [5.41, 5.74) is 8.50. The number of urea groups is 1. The van der Waals surface area contributed by atoms with Crippen molar-refractivity contribution in [2.24, 2.45) is 11.5 Å². The summed E-state index contributed by atoms with van der Waals surface area (Å²) in [6.45, 7) is 3.62. The van der Waals surface area contributed by atoms with Gasteiger partial charge in [0.1, 0.15) is 0 Å². The lowest BCUT2D eigenvalue weighted by Crippen LogP contribution is -3.00. The zero-order valence-electron chi connectivity index (χ0n) is 14.7. The molecule has 0 unspecified atom stereocenters. The number of unbranched alkanes of at least 4 members (excludes halogenated alkanes) is 9. The quantitative estimate of drug-likeness (QED) is 0.425. The van der Waals surface area contributed by atoms with Crippen molar-refractivity contribution in [1.82, 2.24) is 0 Å². The van der Waals surface area contributed by atoms with Gasteiger partial charge in [-0.15, -0.1) is 0 Å². The molecule has 0 aromatic heterocycles. The Morgan fingerprint density at radius 3 is 1.33 bits per heavy atom. The average Bonchev–Trinajstić information content (AvgIpc) is 2.29. The summed E-state index contributed by atoms with van der Waals surface area (Å²) < 4.78 is 1.12. The van der Waals surface area contributed by atoms with Gasteiger partial charge in [-0.25, -0.2) is 4.79 Å². The third kappa shape index (κ3) is 38.2. The normalized spacial score (nSPS) is 10.3. The maximum Gasteiger partial charge on any atom is 0.309 e. The summed E-state index contributed by atoms with van der Waals surface area (Å²) in [6, 6.07) is -0.833. The summed E-state index contributed by atoms with van der Waals surface area (Å²) in [5.74, 6) is 0. The molecule has 0 aromatic carbocycles. The summed E-state index contributed by atoms with van der Waals surface area (Å²) in [5, 5.41) is 0. The van der Waals surface area contributed by atoms with Crippen LogP contribution in [-0.2, 0) is 0 Å². The van der Waals surface area contributed by atoms with Gasteiger partial charge in [-0.3, -0.25) is 0 Å². The minimum absolute atomic E-state index is 0. The lowest BCUT2D eigenvalue weighted by atomic mass is 10.1. The highest BCUT2D eigenvalue weighted by Crippen LogP contribution is 2.10. The van der Waals surface area contributed by atoms with Crippen LogP contribution in [0.5, 0.6) is 0 Å². The van der Waals surface area contributed by atoms with Crippen LogP contribution < -0.4 is 23.9 Å². The Balaban J connectivity index is -0.000000572. The van der Waals surface area contributed by atoms with E-state index in [0.717, 1.165) is 4.48 Å². The first kappa shape index (κ1) is 25.5. The second-order valence-electron chi connectivity index (χ2n) is 6.60. The number of nitrogens with two attached hydrogens (primary N) is 2. The molecule has 0 atom stereocenters. The number of hydrogen-bond acceptors (Lipinski definition) is 1. The molecule has 4 N–H and O–H groups in total. The molecule has 0 saturated heterocycles. The van der Waals surface area contributed by atoms with Crippen molar-refractivity contribution in [3.8, 4) is 0 Å². The molecule has 5 heteroatoms. The maximum absolute atomic E-state index is 9.00. The molecule has 4 nitrogen and oxygen atoms in total. The van der Waals surface area contributed by atoms with E-state index < -0.39 is 6.03 Å². The molecule has 130 valence electrons. The minimum atomic E-state index is -0.833. The second kappa shape index (κ2) is 17.6. The Morgan fingerprint density at radius 1 is 0.762 bits per heavy atom. The van der Waals surface area contributed by atoms with Gasteiger partial charge in [0.25, 0.3) is 0 Å². The van der Waals surface area contributed by atoms with Crippen LogP contribution >= 0.6 is 0 Å². The SMILES string of the molecule is CCCCCCCCCCCC[N+](C)(C)C.NC(N)=O.[Cl-]. The van der Waals surface area contributed by atoms with Crippen molar-refractivity contribution in [1.29, 1.82) is 0 Å². The lowest BCUT2D eigenvalue weighted by molar-refractivity contribution is -0.870. The molecule has 0 saturated carbocycles. The Kier molecular flexibility index (Phi) is 21.3. The number of primary amides is 2. The van der Waals surface area contributed by atoms with E-state index in [2.05, 4.69) is 39.5 Å². The number of carbonyl (C=O) groups excluding carboxylic acids is 1. The molecule has 0 heterocycles. The van der Waals surface area contributed by atoms with Crippen molar-refractivity contribution in [2.75, 3.05) is 27.7 Å². The first-order chi connectivity index (χ1) is 9.29. The monoisotopic (exact) mass is 323 g/mol.